The van der Waals surface area contributed by atoms with Gasteiger partial charge < -0.3 is 9.88 Å². The normalized spacial score (nSPS) is 11.7. The van der Waals surface area contributed by atoms with E-state index in [0.717, 1.165) is 0 Å². The number of nitrogens with one attached hydrogen (secondary N) is 1. The van der Waals surface area contributed by atoms with Gasteiger partial charge >= 0.3 is 6.18 Å². The van der Waals surface area contributed by atoms with Crippen LogP contribution in [0.2, 0.25) is 0 Å². The van der Waals surface area contributed by atoms with Crippen LogP contribution in [0.3, 0.4) is 0 Å². The third-order valence-corrected chi connectivity index (χ3v) is 1.99. The quantitative estimate of drug-likeness (QED) is 0.774. The van der Waals surface area contributed by atoms with E-state index in [1.807, 2.05) is 7.05 Å². The maximum atomic E-state index is 11.8. The molecule has 0 amide bonds. The molecular weight excluding hydrogens is 207 g/mol. The molecule has 1 heterocycles. The molecule has 0 aliphatic heterocycles. The Hall–Kier alpha value is -1.20. The molecule has 0 aliphatic rings. The van der Waals surface area contributed by atoms with Gasteiger partial charge in [0.2, 0.25) is 5.95 Å². The standard InChI is InChI=1S/C9H14F3N3/c1-15-7-6-14-8(15)13-5-3-2-4-9(10,11)12/h6-7H,2-5H2,1H3,(H,13,14). The molecule has 1 rings (SSSR count). The Balaban J connectivity index is 2.10. The predicted molar refractivity (Wildman–Crippen MR) is 51.6 cm³/mol. The van der Waals surface area contributed by atoms with E-state index in [2.05, 4.69) is 10.3 Å². The van der Waals surface area contributed by atoms with Crippen LogP contribution in [0.4, 0.5) is 19.1 Å². The largest absolute Gasteiger partial charge is 0.389 e. The molecule has 1 N–H and O–H groups in total. The van der Waals surface area contributed by atoms with Crippen molar-refractivity contribution in [3.05, 3.63) is 12.4 Å². The van der Waals surface area contributed by atoms with E-state index >= 15 is 0 Å². The number of unbranched alkanes of at least 4 members (excludes halogenated alkanes) is 1. The van der Waals surface area contributed by atoms with Gasteiger partial charge in [-0.15, -0.1) is 0 Å². The number of hydrogen-bond donors (Lipinski definition) is 1. The van der Waals surface area contributed by atoms with Crippen LogP contribution in [0.25, 0.3) is 0 Å². The third kappa shape index (κ3) is 4.71. The first-order valence-corrected chi connectivity index (χ1v) is 4.77. The molecule has 15 heavy (non-hydrogen) atoms. The highest BCUT2D eigenvalue weighted by Gasteiger charge is 2.25. The fourth-order valence-corrected chi connectivity index (χ4v) is 1.19. The van der Waals surface area contributed by atoms with Crippen LogP contribution in [0.5, 0.6) is 0 Å². The number of rotatable bonds is 5. The molecule has 1 aromatic rings. The fourth-order valence-electron chi connectivity index (χ4n) is 1.19. The van der Waals surface area contributed by atoms with Crippen LogP contribution in [0.1, 0.15) is 19.3 Å². The lowest BCUT2D eigenvalue weighted by atomic mass is 10.2. The third-order valence-electron chi connectivity index (χ3n) is 1.99. The first-order chi connectivity index (χ1) is 6.99. The number of halogens is 3. The summed E-state index contributed by atoms with van der Waals surface area (Å²) < 4.78 is 37.1. The van der Waals surface area contributed by atoms with Crippen LogP contribution in [0.15, 0.2) is 12.4 Å². The van der Waals surface area contributed by atoms with Gasteiger partial charge in [0.15, 0.2) is 0 Å². The second-order valence-corrected chi connectivity index (χ2v) is 3.36. The summed E-state index contributed by atoms with van der Waals surface area (Å²) in [5.41, 5.74) is 0. The number of alkyl halides is 3. The number of aryl methyl sites for hydroxylation is 1. The first kappa shape index (κ1) is 11.9. The summed E-state index contributed by atoms with van der Waals surface area (Å²) in [5.74, 6) is 0.682. The van der Waals surface area contributed by atoms with Crippen molar-refractivity contribution >= 4 is 5.95 Å². The van der Waals surface area contributed by atoms with Gasteiger partial charge in [0, 0.05) is 32.4 Å². The van der Waals surface area contributed by atoms with Crippen molar-refractivity contribution in [3.63, 3.8) is 0 Å². The molecule has 0 atom stereocenters. The van der Waals surface area contributed by atoms with Crippen LogP contribution in [-0.4, -0.2) is 22.3 Å². The Morgan fingerprint density at radius 3 is 2.67 bits per heavy atom. The lowest BCUT2D eigenvalue weighted by Gasteiger charge is -2.07. The van der Waals surface area contributed by atoms with E-state index in [9.17, 15) is 13.2 Å². The summed E-state index contributed by atoms with van der Waals surface area (Å²) in [6.07, 6.45) is -0.693. The number of aromatic nitrogens is 2. The average Bonchev–Trinajstić information content (AvgIpc) is 2.49. The molecular formula is C9H14F3N3. The van der Waals surface area contributed by atoms with E-state index in [-0.39, 0.29) is 6.42 Å². The highest BCUT2D eigenvalue weighted by atomic mass is 19.4. The van der Waals surface area contributed by atoms with Gasteiger partial charge in [0.05, 0.1) is 0 Å². The van der Waals surface area contributed by atoms with E-state index in [4.69, 9.17) is 0 Å². The van der Waals surface area contributed by atoms with Crippen molar-refractivity contribution in [2.24, 2.45) is 7.05 Å². The zero-order chi connectivity index (χ0) is 11.3. The molecule has 86 valence electrons. The smallest absolute Gasteiger partial charge is 0.356 e. The Labute approximate surface area is 86.3 Å². The van der Waals surface area contributed by atoms with Crippen molar-refractivity contribution in [2.45, 2.75) is 25.4 Å². The molecule has 0 fully saturated rings. The SMILES string of the molecule is Cn1ccnc1NCCCCC(F)(F)F. The maximum Gasteiger partial charge on any atom is 0.389 e. The van der Waals surface area contributed by atoms with Gasteiger partial charge in [0.25, 0.3) is 0 Å². The fraction of sp³-hybridized carbons (Fsp3) is 0.667. The summed E-state index contributed by atoms with van der Waals surface area (Å²) in [6.45, 7) is 0.515. The van der Waals surface area contributed by atoms with Crippen molar-refractivity contribution in [1.82, 2.24) is 9.55 Å². The monoisotopic (exact) mass is 221 g/mol. The molecule has 3 nitrogen and oxygen atoms in total. The van der Waals surface area contributed by atoms with Crippen molar-refractivity contribution < 1.29 is 13.2 Å². The topological polar surface area (TPSA) is 29.9 Å². The van der Waals surface area contributed by atoms with Gasteiger partial charge in [-0.25, -0.2) is 4.98 Å². The first-order valence-electron chi connectivity index (χ1n) is 4.77. The number of nitrogens with zero attached hydrogens (tertiary/aromatic N) is 2. The number of hydrogen-bond acceptors (Lipinski definition) is 2. The predicted octanol–water partition coefficient (Wildman–Crippen LogP) is 2.56. The molecule has 0 aromatic carbocycles. The molecule has 0 saturated carbocycles. The van der Waals surface area contributed by atoms with E-state index < -0.39 is 12.6 Å². The van der Waals surface area contributed by atoms with Crippen molar-refractivity contribution in [2.75, 3.05) is 11.9 Å². The van der Waals surface area contributed by atoms with Crippen molar-refractivity contribution in [1.29, 1.82) is 0 Å². The molecule has 0 aliphatic carbocycles. The van der Waals surface area contributed by atoms with E-state index in [1.54, 1.807) is 17.0 Å². The highest BCUT2D eigenvalue weighted by Crippen LogP contribution is 2.21. The summed E-state index contributed by atoms with van der Waals surface area (Å²) in [7, 11) is 1.82. The minimum Gasteiger partial charge on any atom is -0.356 e. The van der Waals surface area contributed by atoms with Crippen LogP contribution in [0, 0.1) is 0 Å². The van der Waals surface area contributed by atoms with Crippen LogP contribution >= 0.6 is 0 Å². The van der Waals surface area contributed by atoms with Gasteiger partial charge in [-0.05, 0) is 12.8 Å². The van der Waals surface area contributed by atoms with Crippen LogP contribution < -0.4 is 5.32 Å². The Morgan fingerprint density at radius 2 is 2.13 bits per heavy atom. The second-order valence-electron chi connectivity index (χ2n) is 3.36. The minimum absolute atomic E-state index is 0.154. The molecule has 1 aromatic heterocycles. The summed E-state index contributed by atoms with van der Waals surface area (Å²) >= 11 is 0. The summed E-state index contributed by atoms with van der Waals surface area (Å²) in [4.78, 5) is 3.99. The molecule has 6 heteroatoms. The zero-order valence-corrected chi connectivity index (χ0v) is 8.51. The maximum absolute atomic E-state index is 11.8. The molecule has 0 unspecified atom stereocenters. The Bertz CT molecular complexity index is 293. The Kier molecular flexibility index (Phi) is 3.99. The van der Waals surface area contributed by atoms with E-state index in [0.29, 0.717) is 18.9 Å². The lowest BCUT2D eigenvalue weighted by molar-refractivity contribution is -0.135. The van der Waals surface area contributed by atoms with Crippen LogP contribution in [-0.2, 0) is 7.05 Å². The summed E-state index contributed by atoms with van der Waals surface area (Å²) in [6, 6.07) is 0. The molecule has 0 bridgehead atoms. The lowest BCUT2D eigenvalue weighted by Crippen LogP contribution is -2.10. The zero-order valence-electron chi connectivity index (χ0n) is 8.51. The van der Waals surface area contributed by atoms with E-state index in [1.165, 1.54) is 0 Å². The highest BCUT2D eigenvalue weighted by molar-refractivity contribution is 5.24. The molecule has 0 saturated heterocycles. The van der Waals surface area contributed by atoms with Gasteiger partial charge in [0.1, 0.15) is 0 Å². The number of anilines is 1. The van der Waals surface area contributed by atoms with Gasteiger partial charge in [-0.1, -0.05) is 0 Å². The summed E-state index contributed by atoms with van der Waals surface area (Å²) in [5, 5.41) is 2.96. The molecule has 0 spiro atoms. The second kappa shape index (κ2) is 5.04. The minimum atomic E-state index is -4.04. The van der Waals surface area contributed by atoms with Gasteiger partial charge in [-0.3, -0.25) is 0 Å². The average molecular weight is 221 g/mol. The number of imidazole rings is 1. The Morgan fingerprint density at radius 1 is 1.40 bits per heavy atom. The van der Waals surface area contributed by atoms with Crippen molar-refractivity contribution in [3.8, 4) is 0 Å². The van der Waals surface area contributed by atoms with Gasteiger partial charge in [-0.2, -0.15) is 13.2 Å². The molecule has 0 radical (unpaired) electrons.